The van der Waals surface area contributed by atoms with Gasteiger partial charge in [0.15, 0.2) is 0 Å². The van der Waals surface area contributed by atoms with E-state index in [1.54, 1.807) is 7.11 Å². The van der Waals surface area contributed by atoms with Crippen LogP contribution in [-0.2, 0) is 32.2 Å². The molecule has 0 saturated heterocycles. The van der Waals surface area contributed by atoms with Gasteiger partial charge >= 0.3 is 0 Å². The number of rotatable bonds is 17. The molecule has 2 fully saturated rings. The van der Waals surface area contributed by atoms with Gasteiger partial charge in [0.05, 0.1) is 12.6 Å². The van der Waals surface area contributed by atoms with Crippen molar-refractivity contribution in [3.63, 3.8) is 0 Å². The van der Waals surface area contributed by atoms with Gasteiger partial charge in [0.1, 0.15) is 31.5 Å². The van der Waals surface area contributed by atoms with Crippen LogP contribution in [0.5, 0.6) is 11.5 Å². The molecule has 0 spiro atoms. The Bertz CT molecular complexity index is 1660. The lowest BCUT2D eigenvalue weighted by molar-refractivity contribution is -0.129. The fraction of sp³-hybridized carbons (Fsp3) is 0.450. The van der Waals surface area contributed by atoms with Crippen molar-refractivity contribution in [3.8, 4) is 11.5 Å². The van der Waals surface area contributed by atoms with Crippen molar-refractivity contribution >= 4 is 29.0 Å². The Morgan fingerprint density at radius 1 is 0.960 bits per heavy atom. The van der Waals surface area contributed by atoms with Gasteiger partial charge in [0.25, 0.3) is 5.91 Å². The predicted molar refractivity (Wildman–Crippen MR) is 194 cm³/mol. The summed E-state index contributed by atoms with van der Waals surface area (Å²) in [7, 11) is 1.59. The first-order valence-corrected chi connectivity index (χ1v) is 18.0. The number of nitrogens with one attached hydrogen (secondary N) is 2. The lowest BCUT2D eigenvalue weighted by Gasteiger charge is -2.33. The summed E-state index contributed by atoms with van der Waals surface area (Å²) in [6.07, 6.45) is 4.51. The number of ether oxygens (including phenoxy) is 4. The molecule has 6 rings (SSSR count). The lowest BCUT2D eigenvalue weighted by Crippen LogP contribution is -2.47. The maximum Gasteiger partial charge on any atom is 0.252 e. The third-order valence-corrected chi connectivity index (χ3v) is 9.85. The molecule has 2 amide bonds. The Kier molecular flexibility index (Phi) is 12.1. The summed E-state index contributed by atoms with van der Waals surface area (Å²) in [5, 5.41) is 7.16. The molecule has 2 saturated carbocycles. The van der Waals surface area contributed by atoms with Crippen LogP contribution in [0.15, 0.2) is 66.2 Å². The normalized spacial score (nSPS) is 17.4. The van der Waals surface area contributed by atoms with Crippen LogP contribution in [0.1, 0.15) is 59.9 Å². The summed E-state index contributed by atoms with van der Waals surface area (Å²) in [5.41, 5.74) is 6.72. The molecule has 3 aliphatic rings. The number of halogens is 1. The first kappa shape index (κ1) is 35.9. The molecule has 9 nitrogen and oxygen atoms in total. The van der Waals surface area contributed by atoms with Gasteiger partial charge in [-0.3, -0.25) is 9.59 Å². The number of hydrogen-bond donors (Lipinski definition) is 2. The van der Waals surface area contributed by atoms with E-state index in [2.05, 4.69) is 10.6 Å². The van der Waals surface area contributed by atoms with Gasteiger partial charge in [0, 0.05) is 42.8 Å². The summed E-state index contributed by atoms with van der Waals surface area (Å²) in [6, 6.07) is 19.7. The molecule has 1 atom stereocenters. The first-order valence-electron chi connectivity index (χ1n) is 17.6. The summed E-state index contributed by atoms with van der Waals surface area (Å²) in [6.45, 7) is 6.91. The average molecular weight is 702 g/mol. The van der Waals surface area contributed by atoms with Gasteiger partial charge in [-0.15, -0.1) is 0 Å². The lowest BCUT2D eigenvalue weighted by atomic mass is 9.88. The van der Waals surface area contributed by atoms with Crippen LogP contribution in [0.4, 0.5) is 0 Å². The molecular weight excluding hydrogens is 654 g/mol. The van der Waals surface area contributed by atoms with Gasteiger partial charge in [0.2, 0.25) is 5.91 Å². The van der Waals surface area contributed by atoms with Gasteiger partial charge < -0.3 is 34.5 Å². The van der Waals surface area contributed by atoms with E-state index in [1.807, 2.05) is 79.4 Å². The van der Waals surface area contributed by atoms with Crippen LogP contribution in [0.3, 0.4) is 0 Å². The van der Waals surface area contributed by atoms with Crippen molar-refractivity contribution in [2.75, 3.05) is 40.3 Å². The molecule has 0 unspecified atom stereocenters. The van der Waals surface area contributed by atoms with Crippen molar-refractivity contribution in [1.29, 1.82) is 0 Å². The molecule has 3 aromatic rings. The number of carbonyl (C=O) groups excluding carboxylic acids is 2. The van der Waals surface area contributed by atoms with Gasteiger partial charge in [-0.1, -0.05) is 54.1 Å². The maximum atomic E-state index is 14.7. The van der Waals surface area contributed by atoms with E-state index < -0.39 is 0 Å². The Morgan fingerprint density at radius 3 is 2.40 bits per heavy atom. The summed E-state index contributed by atoms with van der Waals surface area (Å²) < 4.78 is 23.0. The monoisotopic (exact) mass is 701 g/mol. The van der Waals surface area contributed by atoms with Gasteiger partial charge in [-0.2, -0.15) is 0 Å². The van der Waals surface area contributed by atoms with Crippen LogP contribution >= 0.6 is 11.6 Å². The Morgan fingerprint density at radius 2 is 1.70 bits per heavy atom. The number of aryl methyl sites for hydroxylation is 2. The smallest absolute Gasteiger partial charge is 0.252 e. The zero-order valence-corrected chi connectivity index (χ0v) is 30.0. The molecule has 2 aliphatic carbocycles. The molecule has 0 bridgehead atoms. The third-order valence-electron chi connectivity index (χ3n) is 9.48. The fourth-order valence-electron chi connectivity index (χ4n) is 6.50. The van der Waals surface area contributed by atoms with Crippen LogP contribution in [0, 0.1) is 19.8 Å². The second-order valence-electron chi connectivity index (χ2n) is 13.5. The van der Waals surface area contributed by atoms with Crippen molar-refractivity contribution in [3.05, 3.63) is 99.1 Å². The van der Waals surface area contributed by atoms with Crippen LogP contribution in [0.2, 0.25) is 5.02 Å². The molecule has 1 aliphatic heterocycles. The first-order chi connectivity index (χ1) is 24.3. The molecule has 266 valence electrons. The predicted octanol–water partition coefficient (Wildman–Crippen LogP) is 6.37. The Balaban J connectivity index is 1.19. The summed E-state index contributed by atoms with van der Waals surface area (Å²) >= 11 is 6.72. The largest absolute Gasteiger partial charge is 0.490 e. The molecule has 1 heterocycles. The van der Waals surface area contributed by atoms with Crippen LogP contribution in [0.25, 0.3) is 5.57 Å². The molecule has 0 radical (unpaired) electrons. The van der Waals surface area contributed by atoms with Crippen LogP contribution in [-0.4, -0.2) is 69.1 Å². The number of carbonyl (C=O) groups is 2. The zero-order valence-electron chi connectivity index (χ0n) is 29.3. The average Bonchev–Trinajstić information content (AvgIpc) is 4.05. The molecule has 3 aromatic carbocycles. The van der Waals surface area contributed by atoms with Crippen molar-refractivity contribution in [2.45, 2.75) is 71.1 Å². The minimum absolute atomic E-state index is 0.0202. The van der Waals surface area contributed by atoms with Crippen molar-refractivity contribution in [1.82, 2.24) is 15.5 Å². The molecule has 2 N–H and O–H groups in total. The van der Waals surface area contributed by atoms with Gasteiger partial charge in [-0.25, -0.2) is 0 Å². The number of benzene rings is 3. The highest BCUT2D eigenvalue weighted by Crippen LogP contribution is 2.36. The summed E-state index contributed by atoms with van der Waals surface area (Å²) in [5.74, 6) is 1.87. The SMILES string of the molecule is COCOC[C@H]1NCCC(c2ccc(OCCOc3c(C)cccc3C)cc2)=C1C(=O)N(Cc1cc(CNC(=O)C2CC2)ccc1Cl)C1CC1. The number of para-hydroxylation sites is 1. The number of methoxy groups -OCH3 is 1. The maximum absolute atomic E-state index is 14.7. The fourth-order valence-corrected chi connectivity index (χ4v) is 6.68. The van der Waals surface area contributed by atoms with E-state index in [0.717, 1.165) is 70.6 Å². The van der Waals surface area contributed by atoms with Crippen LogP contribution < -0.4 is 20.1 Å². The quantitative estimate of drug-likeness (QED) is 0.125. The minimum Gasteiger partial charge on any atom is -0.490 e. The van der Waals surface area contributed by atoms with E-state index in [0.29, 0.717) is 56.5 Å². The molecule has 0 aromatic heterocycles. The highest BCUT2D eigenvalue weighted by Gasteiger charge is 2.38. The summed E-state index contributed by atoms with van der Waals surface area (Å²) in [4.78, 5) is 28.9. The third kappa shape index (κ3) is 9.26. The highest BCUT2D eigenvalue weighted by molar-refractivity contribution is 6.31. The van der Waals surface area contributed by atoms with E-state index in [9.17, 15) is 9.59 Å². The standard InChI is InChI=1S/C40H48ClN3O6/c1-26-5-4-6-27(2)38(26)50-20-19-49-33-14-10-29(11-15-33)34-17-18-42-36(24-48-25-47-3)37(34)40(46)44(32-12-13-32)23-31-21-28(7-16-35(31)41)22-43-39(45)30-8-9-30/h4-7,10-11,14-16,21,30,32,36,42H,8-9,12-13,17-20,22-25H2,1-3H3,(H,43,45)/t36-/m1/s1. The van der Waals surface area contributed by atoms with E-state index in [1.165, 1.54) is 0 Å². The van der Waals surface area contributed by atoms with Crippen molar-refractivity contribution in [2.24, 2.45) is 5.92 Å². The second-order valence-corrected chi connectivity index (χ2v) is 13.9. The molecular formula is C40H48ClN3O6. The van der Waals surface area contributed by atoms with Crippen molar-refractivity contribution < 1.29 is 28.5 Å². The molecule has 10 heteroatoms. The number of nitrogens with zero attached hydrogens (tertiary/aromatic N) is 1. The second kappa shape index (κ2) is 16.9. The van der Waals surface area contributed by atoms with Gasteiger partial charge in [-0.05, 0) is 104 Å². The highest BCUT2D eigenvalue weighted by atomic mass is 35.5. The molecule has 50 heavy (non-hydrogen) atoms. The Hall–Kier alpha value is -3.89. The topological polar surface area (TPSA) is 98.4 Å². The Labute approximate surface area is 300 Å². The zero-order chi connectivity index (χ0) is 35.0. The number of hydrogen-bond acceptors (Lipinski definition) is 7. The van der Waals surface area contributed by atoms with E-state index in [4.69, 9.17) is 30.5 Å². The number of amides is 2. The van der Waals surface area contributed by atoms with E-state index >= 15 is 0 Å². The minimum atomic E-state index is -0.305. The van der Waals surface area contributed by atoms with E-state index in [-0.39, 0.29) is 36.6 Å².